The number of anilines is 2. The van der Waals surface area contributed by atoms with Crippen LogP contribution in [0.3, 0.4) is 0 Å². The molecular formula is C44H46ClN7O6. The fraction of sp³-hybridized carbons (Fsp3) is 0.455. The van der Waals surface area contributed by atoms with Crippen molar-refractivity contribution in [2.45, 2.75) is 70.2 Å². The first-order valence-corrected chi connectivity index (χ1v) is 20.7. The van der Waals surface area contributed by atoms with Gasteiger partial charge in [0.15, 0.2) is 0 Å². The van der Waals surface area contributed by atoms with E-state index in [0.717, 1.165) is 66.3 Å². The molecule has 58 heavy (non-hydrogen) atoms. The van der Waals surface area contributed by atoms with Crippen molar-refractivity contribution in [2.75, 3.05) is 55.6 Å². The highest BCUT2D eigenvalue weighted by atomic mass is 35.5. The molecule has 3 aromatic rings. The summed E-state index contributed by atoms with van der Waals surface area (Å²) in [6, 6.07) is 18.6. The summed E-state index contributed by atoms with van der Waals surface area (Å²) in [6.07, 6.45) is 3.62. The van der Waals surface area contributed by atoms with Gasteiger partial charge in [0, 0.05) is 74.7 Å². The summed E-state index contributed by atoms with van der Waals surface area (Å²) in [4.78, 5) is 75.9. The molecule has 5 heterocycles. The fourth-order valence-corrected chi connectivity index (χ4v) is 10.5. The third-order valence-corrected chi connectivity index (χ3v) is 13.8. The number of amides is 5. The van der Waals surface area contributed by atoms with E-state index in [-0.39, 0.29) is 47.1 Å². The van der Waals surface area contributed by atoms with Crippen molar-refractivity contribution in [2.24, 2.45) is 11.3 Å². The van der Waals surface area contributed by atoms with E-state index in [4.69, 9.17) is 11.6 Å². The topological polar surface area (TPSA) is 158 Å². The Labute approximate surface area is 342 Å². The highest BCUT2D eigenvalue weighted by molar-refractivity contribution is 6.32. The Bertz CT molecular complexity index is 2210. The molecule has 1 spiro atoms. The van der Waals surface area contributed by atoms with Gasteiger partial charge in [-0.15, -0.1) is 0 Å². The Kier molecular flexibility index (Phi) is 9.68. The highest BCUT2D eigenvalue weighted by Crippen LogP contribution is 2.46. The van der Waals surface area contributed by atoms with Crippen molar-refractivity contribution in [3.05, 3.63) is 93.0 Å². The van der Waals surface area contributed by atoms with Crippen LogP contribution < -0.4 is 15.1 Å². The number of imide groups is 1. The van der Waals surface area contributed by atoms with E-state index in [2.05, 4.69) is 28.1 Å². The van der Waals surface area contributed by atoms with Crippen LogP contribution in [0.2, 0.25) is 5.02 Å². The molecule has 2 unspecified atom stereocenters. The summed E-state index contributed by atoms with van der Waals surface area (Å²) in [7, 11) is 0. The predicted molar refractivity (Wildman–Crippen MR) is 215 cm³/mol. The van der Waals surface area contributed by atoms with E-state index >= 15 is 0 Å². The average Bonchev–Trinajstić information content (AvgIpc) is 3.87. The van der Waals surface area contributed by atoms with Gasteiger partial charge in [-0.25, -0.2) is 0 Å². The summed E-state index contributed by atoms with van der Waals surface area (Å²) >= 11 is 6.37. The number of rotatable bonds is 5. The van der Waals surface area contributed by atoms with E-state index in [1.807, 2.05) is 46.2 Å². The number of nitrogens with zero attached hydrogens (tertiary/aromatic N) is 6. The predicted octanol–water partition coefficient (Wildman–Crippen LogP) is 3.99. The molecule has 6 aliphatic rings. The van der Waals surface area contributed by atoms with Gasteiger partial charge in [-0.1, -0.05) is 11.6 Å². The molecule has 14 heteroatoms. The largest absolute Gasteiger partial charge is 0.374 e. The number of benzene rings is 3. The van der Waals surface area contributed by atoms with Crippen molar-refractivity contribution in [3.8, 4) is 6.07 Å². The number of piperidine rings is 2. The Morgan fingerprint density at radius 2 is 1.47 bits per heavy atom. The number of nitriles is 1. The summed E-state index contributed by atoms with van der Waals surface area (Å²) in [5, 5.41) is 21.9. The molecule has 0 bridgehead atoms. The molecule has 9 rings (SSSR count). The van der Waals surface area contributed by atoms with Gasteiger partial charge in [0.05, 0.1) is 21.7 Å². The Morgan fingerprint density at radius 1 is 0.845 bits per heavy atom. The second kappa shape index (κ2) is 14.7. The Hall–Kier alpha value is -5.45. The second-order valence-electron chi connectivity index (χ2n) is 17.0. The lowest BCUT2D eigenvalue weighted by atomic mass is 9.76. The zero-order chi connectivity index (χ0) is 40.5. The number of carbonyl (C=O) groups is 5. The lowest BCUT2D eigenvalue weighted by molar-refractivity contribution is -0.136. The standard InChI is InChI=1S/C44H46ClN7O6/c1-26-23-44(25-51(26)33-7-4-28(24-46)36(45)22-33)10-12-48(13-11-44)32-5-2-27(3-6-32)40(55)49-14-16-50(17-15-49)41(56)31-18-29-20-34-35(21-30(29)19-31)43(58)52(42(34)57)37-8-9-38(53)47-39(37)54/h2-7,20-22,26,31,37-38,53H,8-19,23,25H2,1H3,(H,47,54)/t26-,37?,38?/m0/s1. The number of nitrogens with one attached hydrogen (secondary N) is 1. The van der Waals surface area contributed by atoms with Crippen molar-refractivity contribution in [1.29, 1.82) is 5.26 Å². The molecule has 5 aliphatic heterocycles. The maximum Gasteiger partial charge on any atom is 0.262 e. The van der Waals surface area contributed by atoms with Crippen LogP contribution in [0, 0.1) is 22.7 Å². The first-order valence-electron chi connectivity index (χ1n) is 20.3. The Balaban J connectivity index is 0.759. The van der Waals surface area contributed by atoms with Crippen LogP contribution in [0.1, 0.15) is 86.8 Å². The Morgan fingerprint density at radius 3 is 2.07 bits per heavy atom. The maximum absolute atomic E-state index is 13.7. The van der Waals surface area contributed by atoms with E-state index in [1.54, 1.807) is 18.2 Å². The minimum atomic E-state index is -0.988. The highest BCUT2D eigenvalue weighted by Gasteiger charge is 2.47. The van der Waals surface area contributed by atoms with Gasteiger partial charge < -0.3 is 30.0 Å². The van der Waals surface area contributed by atoms with E-state index < -0.39 is 30.0 Å². The fourth-order valence-electron chi connectivity index (χ4n) is 10.3. The van der Waals surface area contributed by atoms with Gasteiger partial charge in [0.1, 0.15) is 18.3 Å². The summed E-state index contributed by atoms with van der Waals surface area (Å²) in [5.41, 5.74) is 5.73. The van der Waals surface area contributed by atoms with Crippen LogP contribution in [-0.4, -0.2) is 113 Å². The average molecular weight is 804 g/mol. The molecule has 1 aliphatic carbocycles. The van der Waals surface area contributed by atoms with Crippen molar-refractivity contribution in [3.63, 3.8) is 0 Å². The van der Waals surface area contributed by atoms with Gasteiger partial charge in [-0.05, 0) is 123 Å². The van der Waals surface area contributed by atoms with Crippen LogP contribution in [0.5, 0.6) is 0 Å². The summed E-state index contributed by atoms with van der Waals surface area (Å²) < 4.78 is 0. The number of carbonyl (C=O) groups excluding carboxylic acids is 5. The lowest BCUT2D eigenvalue weighted by Gasteiger charge is -2.40. The molecule has 3 atom stereocenters. The number of fused-ring (bicyclic) bond motifs is 2. The third kappa shape index (κ3) is 6.66. The van der Waals surface area contributed by atoms with Gasteiger partial charge in [-0.2, -0.15) is 5.26 Å². The van der Waals surface area contributed by atoms with Crippen molar-refractivity contribution < 1.29 is 29.1 Å². The molecule has 0 aromatic heterocycles. The molecule has 4 saturated heterocycles. The maximum atomic E-state index is 13.7. The lowest BCUT2D eigenvalue weighted by Crippen LogP contribution is -2.55. The molecule has 5 amide bonds. The number of piperazine rings is 1. The van der Waals surface area contributed by atoms with Crippen LogP contribution in [0.25, 0.3) is 0 Å². The van der Waals surface area contributed by atoms with E-state index in [0.29, 0.717) is 61.2 Å². The molecule has 13 nitrogen and oxygen atoms in total. The van der Waals surface area contributed by atoms with Crippen LogP contribution in [0.4, 0.5) is 11.4 Å². The first-order chi connectivity index (χ1) is 27.9. The minimum absolute atomic E-state index is 0.00580. The first kappa shape index (κ1) is 38.1. The minimum Gasteiger partial charge on any atom is -0.374 e. The molecule has 2 N–H and O–H groups in total. The molecular weight excluding hydrogens is 758 g/mol. The van der Waals surface area contributed by atoms with Gasteiger partial charge in [0.25, 0.3) is 17.7 Å². The summed E-state index contributed by atoms with van der Waals surface area (Å²) in [6.45, 7) is 6.84. The molecule has 4 fully saturated rings. The third-order valence-electron chi connectivity index (χ3n) is 13.5. The second-order valence-corrected chi connectivity index (χ2v) is 17.4. The number of hydrogen-bond acceptors (Lipinski definition) is 9. The number of halogens is 1. The van der Waals surface area contributed by atoms with Crippen molar-refractivity contribution >= 4 is 52.5 Å². The summed E-state index contributed by atoms with van der Waals surface area (Å²) in [5.74, 6) is -1.96. The SMILES string of the molecule is C[C@H]1CC2(CCN(c3ccc(C(=O)N4CCN(C(=O)C5Cc6cc7c(cc6C5)C(=O)N(C5CCC(O)NC5=O)C7=O)CC4)cc3)CC2)CN1c1ccc(C#N)c(Cl)c1. The van der Waals surface area contributed by atoms with Crippen LogP contribution in [0.15, 0.2) is 54.6 Å². The normalized spacial score (nSPS) is 24.3. The number of hydrogen-bond donors (Lipinski definition) is 2. The van der Waals surface area contributed by atoms with Gasteiger partial charge in [0.2, 0.25) is 11.8 Å². The number of aliphatic hydroxyl groups is 1. The molecule has 0 saturated carbocycles. The quantitative estimate of drug-likeness (QED) is 0.364. The van der Waals surface area contributed by atoms with Crippen molar-refractivity contribution in [1.82, 2.24) is 20.0 Å². The van der Waals surface area contributed by atoms with Crippen LogP contribution >= 0.6 is 11.6 Å². The van der Waals surface area contributed by atoms with Gasteiger partial charge in [-0.3, -0.25) is 28.9 Å². The van der Waals surface area contributed by atoms with E-state index in [9.17, 15) is 34.3 Å². The zero-order valence-electron chi connectivity index (χ0n) is 32.5. The smallest absolute Gasteiger partial charge is 0.262 e. The molecule has 0 radical (unpaired) electrons. The van der Waals surface area contributed by atoms with E-state index in [1.165, 1.54) is 0 Å². The van der Waals surface area contributed by atoms with Gasteiger partial charge >= 0.3 is 0 Å². The van der Waals surface area contributed by atoms with Crippen LogP contribution in [-0.2, 0) is 22.4 Å². The zero-order valence-corrected chi connectivity index (χ0v) is 33.2. The molecule has 300 valence electrons. The monoisotopic (exact) mass is 803 g/mol. The molecule has 3 aromatic carbocycles. The number of aliphatic hydroxyl groups excluding tert-OH is 1.